The molecule has 5 nitrogen and oxygen atoms in total. The average Bonchev–Trinajstić information content (AvgIpc) is 2.41. The van der Waals surface area contributed by atoms with Crippen LogP contribution in [0.5, 0.6) is 0 Å². The minimum absolute atomic E-state index is 0.304. The Morgan fingerprint density at radius 3 is 2.79 bits per heavy atom. The van der Waals surface area contributed by atoms with Crippen LogP contribution in [-0.2, 0) is 10.1 Å². The lowest BCUT2D eigenvalue weighted by atomic mass is 10.3. The minimum atomic E-state index is -4.42. The lowest BCUT2D eigenvalue weighted by Crippen LogP contribution is -1.97. The number of fused-ring (bicyclic) bond motifs is 1. The molecule has 0 spiro atoms. The summed E-state index contributed by atoms with van der Waals surface area (Å²) in [4.78, 5) is 3.67. The smallest absolute Gasteiger partial charge is 0.192 e. The summed E-state index contributed by atoms with van der Waals surface area (Å²) in [7, 11) is -4.42. The Morgan fingerprint density at radius 2 is 2.14 bits per heavy atom. The summed E-state index contributed by atoms with van der Waals surface area (Å²) in [6.45, 7) is 1.64. The Labute approximate surface area is 80.1 Å². The van der Waals surface area contributed by atoms with Crippen molar-refractivity contribution in [3.8, 4) is 0 Å². The minimum Gasteiger partial charge on any atom is -0.744 e. The van der Waals surface area contributed by atoms with E-state index in [1.165, 1.54) is 18.2 Å². The molecule has 14 heavy (non-hydrogen) atoms. The molecule has 0 fully saturated rings. The van der Waals surface area contributed by atoms with Crippen molar-refractivity contribution in [3.63, 3.8) is 0 Å². The van der Waals surface area contributed by atoms with Crippen LogP contribution in [-0.4, -0.2) is 18.0 Å². The van der Waals surface area contributed by atoms with Crippen molar-refractivity contribution in [1.82, 2.24) is 4.98 Å². The molecule has 0 aliphatic carbocycles. The van der Waals surface area contributed by atoms with Crippen molar-refractivity contribution in [2.75, 3.05) is 0 Å². The number of hydrogen-bond donors (Lipinski definition) is 0. The van der Waals surface area contributed by atoms with E-state index in [9.17, 15) is 13.0 Å². The fraction of sp³-hybridized carbons (Fsp3) is 0.125. The molecule has 0 N–H and O–H groups in total. The summed E-state index contributed by atoms with van der Waals surface area (Å²) in [6, 6.07) is 3.83. The van der Waals surface area contributed by atoms with Gasteiger partial charge in [0.2, 0.25) is 0 Å². The van der Waals surface area contributed by atoms with Crippen LogP contribution >= 0.6 is 0 Å². The van der Waals surface area contributed by atoms with Gasteiger partial charge in [-0.25, -0.2) is 13.4 Å². The van der Waals surface area contributed by atoms with E-state index >= 15 is 0 Å². The van der Waals surface area contributed by atoms with Crippen molar-refractivity contribution >= 4 is 21.2 Å². The first-order valence-electron chi connectivity index (χ1n) is 3.80. The van der Waals surface area contributed by atoms with E-state index in [1.54, 1.807) is 6.92 Å². The van der Waals surface area contributed by atoms with Gasteiger partial charge in [-0.3, -0.25) is 0 Å². The number of rotatable bonds is 1. The number of aryl methyl sites for hydroxylation is 1. The van der Waals surface area contributed by atoms with Gasteiger partial charge in [0.25, 0.3) is 0 Å². The molecule has 0 atom stereocenters. The Bertz CT molecular complexity index is 584. The molecule has 2 aromatic rings. The van der Waals surface area contributed by atoms with Gasteiger partial charge in [-0.15, -0.1) is 0 Å². The number of benzene rings is 1. The first kappa shape index (κ1) is 9.17. The number of nitrogens with zero attached hydrogens (tertiary/aromatic N) is 1. The van der Waals surface area contributed by atoms with Crippen molar-refractivity contribution in [2.45, 2.75) is 11.8 Å². The second-order valence-corrected chi connectivity index (χ2v) is 4.20. The van der Waals surface area contributed by atoms with Crippen LogP contribution in [0.2, 0.25) is 0 Å². The molecule has 2 rings (SSSR count). The van der Waals surface area contributed by atoms with Crippen molar-refractivity contribution in [1.29, 1.82) is 0 Å². The molecule has 0 saturated carbocycles. The monoisotopic (exact) mass is 212 g/mol. The predicted octanol–water partition coefficient (Wildman–Crippen LogP) is 1.04. The zero-order valence-corrected chi connectivity index (χ0v) is 8.04. The predicted molar refractivity (Wildman–Crippen MR) is 46.7 cm³/mol. The zero-order valence-electron chi connectivity index (χ0n) is 7.22. The van der Waals surface area contributed by atoms with Crippen molar-refractivity contribution in [2.24, 2.45) is 0 Å². The van der Waals surface area contributed by atoms with E-state index in [4.69, 9.17) is 4.42 Å². The highest BCUT2D eigenvalue weighted by molar-refractivity contribution is 7.85. The van der Waals surface area contributed by atoms with E-state index in [2.05, 4.69) is 4.98 Å². The normalized spacial score (nSPS) is 12.1. The maximum atomic E-state index is 10.7. The van der Waals surface area contributed by atoms with Gasteiger partial charge < -0.3 is 8.97 Å². The van der Waals surface area contributed by atoms with Crippen LogP contribution in [0.1, 0.15) is 5.89 Å². The number of hydrogen-bond acceptors (Lipinski definition) is 5. The average molecular weight is 212 g/mol. The molecule has 1 heterocycles. The lowest BCUT2D eigenvalue weighted by Gasteiger charge is -2.04. The largest absolute Gasteiger partial charge is 0.744 e. The summed E-state index contributed by atoms with van der Waals surface area (Å²) in [5.41, 5.74) is 0.842. The highest BCUT2D eigenvalue weighted by Gasteiger charge is 2.06. The Morgan fingerprint density at radius 1 is 1.43 bits per heavy atom. The van der Waals surface area contributed by atoms with Crippen LogP contribution in [0, 0.1) is 6.92 Å². The first-order valence-corrected chi connectivity index (χ1v) is 5.21. The maximum Gasteiger partial charge on any atom is 0.192 e. The summed E-state index contributed by atoms with van der Waals surface area (Å²) < 4.78 is 37.1. The van der Waals surface area contributed by atoms with Crippen LogP contribution < -0.4 is 0 Å². The molecule has 1 aromatic heterocycles. The van der Waals surface area contributed by atoms with Gasteiger partial charge >= 0.3 is 0 Å². The molecule has 0 saturated heterocycles. The standard InChI is InChI=1S/C8H7NO4S/c1-5-9-7-3-2-6(14(10,11)12)4-8(7)13-5/h2-4H,1H3,(H,10,11,12)/p-1. The molecule has 1 aromatic carbocycles. The SMILES string of the molecule is Cc1nc2ccc(S(=O)(=O)[O-])cc2o1. The fourth-order valence-electron chi connectivity index (χ4n) is 1.18. The van der Waals surface area contributed by atoms with Crippen LogP contribution in [0.25, 0.3) is 11.1 Å². The van der Waals surface area contributed by atoms with E-state index in [1.807, 2.05) is 0 Å². The summed E-state index contributed by atoms with van der Waals surface area (Å²) >= 11 is 0. The van der Waals surface area contributed by atoms with Crippen molar-refractivity contribution < 1.29 is 17.4 Å². The Kier molecular flexibility index (Phi) is 1.83. The van der Waals surface area contributed by atoms with Gasteiger partial charge in [0, 0.05) is 13.0 Å². The topological polar surface area (TPSA) is 83.2 Å². The molecule has 0 aliphatic rings. The van der Waals surface area contributed by atoms with Gasteiger partial charge in [-0.1, -0.05) is 0 Å². The molecule has 0 unspecified atom stereocenters. The van der Waals surface area contributed by atoms with Crippen molar-refractivity contribution in [3.05, 3.63) is 24.1 Å². The molecular weight excluding hydrogens is 206 g/mol. The Hall–Kier alpha value is -1.40. The lowest BCUT2D eigenvalue weighted by molar-refractivity contribution is 0.462. The van der Waals surface area contributed by atoms with Crippen LogP contribution in [0.4, 0.5) is 0 Å². The number of aromatic nitrogens is 1. The van der Waals surface area contributed by atoms with Gasteiger partial charge in [0.15, 0.2) is 11.5 Å². The highest BCUT2D eigenvalue weighted by atomic mass is 32.2. The summed E-state index contributed by atoms with van der Waals surface area (Å²) in [5.74, 6) is 0.431. The van der Waals surface area contributed by atoms with E-state index < -0.39 is 10.1 Å². The number of oxazole rings is 1. The highest BCUT2D eigenvalue weighted by Crippen LogP contribution is 2.19. The van der Waals surface area contributed by atoms with Gasteiger partial charge in [-0.05, 0) is 12.1 Å². The summed E-state index contributed by atoms with van der Waals surface area (Å²) in [5, 5.41) is 0. The molecule has 6 heteroatoms. The van der Waals surface area contributed by atoms with E-state index in [0.29, 0.717) is 17.0 Å². The van der Waals surface area contributed by atoms with E-state index in [0.717, 1.165) is 0 Å². The van der Waals surface area contributed by atoms with Crippen LogP contribution in [0.3, 0.4) is 0 Å². The quantitative estimate of drug-likeness (QED) is 0.659. The molecule has 0 aliphatic heterocycles. The molecule has 0 radical (unpaired) electrons. The second-order valence-electron chi connectivity index (χ2n) is 2.82. The molecule has 74 valence electrons. The fourth-order valence-corrected chi connectivity index (χ4v) is 1.66. The molecule has 0 amide bonds. The third-order valence-corrected chi connectivity index (χ3v) is 2.59. The zero-order chi connectivity index (χ0) is 10.3. The third kappa shape index (κ3) is 1.49. The van der Waals surface area contributed by atoms with Gasteiger partial charge in [0.1, 0.15) is 15.6 Å². The second kappa shape index (κ2) is 2.79. The first-order chi connectivity index (χ1) is 6.47. The van der Waals surface area contributed by atoms with Gasteiger partial charge in [0.05, 0.1) is 4.90 Å². The molecular formula is C8H6NO4S-. The maximum absolute atomic E-state index is 10.7. The van der Waals surface area contributed by atoms with E-state index in [-0.39, 0.29) is 4.90 Å². The Balaban J connectivity index is 2.74. The molecule has 0 bridgehead atoms. The third-order valence-electron chi connectivity index (χ3n) is 1.76. The summed E-state index contributed by atoms with van der Waals surface area (Å²) in [6.07, 6.45) is 0. The van der Waals surface area contributed by atoms with Crippen LogP contribution in [0.15, 0.2) is 27.5 Å². The van der Waals surface area contributed by atoms with Gasteiger partial charge in [-0.2, -0.15) is 0 Å².